The van der Waals surface area contributed by atoms with Gasteiger partial charge in [0, 0.05) is 15.8 Å². The van der Waals surface area contributed by atoms with E-state index in [4.69, 9.17) is 16.9 Å². The standard InChI is InChI=1S/C19H10ClN3OS2/c20-14(8-11-3-5-12(9-21)6-4-11)17-22-18(24)16-13(10-26-19(16)23-17)15-2-1-7-25-15/h1-8,10H,(H,22,23,24). The molecule has 0 spiro atoms. The van der Waals surface area contributed by atoms with Gasteiger partial charge in [-0.25, -0.2) is 4.98 Å². The fraction of sp³-hybridized carbons (Fsp3) is 0. The molecule has 3 aromatic heterocycles. The van der Waals surface area contributed by atoms with E-state index in [0.717, 1.165) is 16.0 Å². The first kappa shape index (κ1) is 16.7. The lowest BCUT2D eigenvalue weighted by Crippen LogP contribution is -2.10. The van der Waals surface area contributed by atoms with Crippen molar-refractivity contribution in [1.29, 1.82) is 5.26 Å². The maximum atomic E-state index is 12.6. The summed E-state index contributed by atoms with van der Waals surface area (Å²) in [6.45, 7) is 0. The lowest BCUT2D eigenvalue weighted by atomic mass is 10.1. The zero-order valence-corrected chi connectivity index (χ0v) is 15.6. The van der Waals surface area contributed by atoms with Crippen molar-refractivity contribution in [1.82, 2.24) is 9.97 Å². The Morgan fingerprint density at radius 1 is 1.23 bits per heavy atom. The summed E-state index contributed by atoms with van der Waals surface area (Å²) >= 11 is 9.37. The first-order chi connectivity index (χ1) is 12.7. The van der Waals surface area contributed by atoms with Gasteiger partial charge in [-0.05, 0) is 35.2 Å². The van der Waals surface area contributed by atoms with Crippen LogP contribution in [0.4, 0.5) is 0 Å². The number of nitriles is 1. The number of benzene rings is 1. The lowest BCUT2D eigenvalue weighted by molar-refractivity contribution is 1.14. The van der Waals surface area contributed by atoms with Crippen molar-refractivity contribution in [2.45, 2.75) is 0 Å². The van der Waals surface area contributed by atoms with Gasteiger partial charge in [-0.15, -0.1) is 22.7 Å². The number of aromatic amines is 1. The number of hydrogen-bond acceptors (Lipinski definition) is 5. The number of rotatable bonds is 3. The molecular formula is C19H10ClN3OS2. The second-order valence-electron chi connectivity index (χ2n) is 5.45. The fourth-order valence-electron chi connectivity index (χ4n) is 2.54. The molecule has 0 fully saturated rings. The summed E-state index contributed by atoms with van der Waals surface area (Å²) in [4.78, 5) is 21.6. The summed E-state index contributed by atoms with van der Waals surface area (Å²) in [5.41, 5.74) is 2.08. The molecule has 0 amide bonds. The number of halogens is 1. The lowest BCUT2D eigenvalue weighted by Gasteiger charge is -2.01. The van der Waals surface area contributed by atoms with Crippen LogP contribution in [0, 0.1) is 11.3 Å². The van der Waals surface area contributed by atoms with Crippen molar-refractivity contribution in [2.75, 3.05) is 0 Å². The van der Waals surface area contributed by atoms with Gasteiger partial charge in [0.15, 0.2) is 5.82 Å². The molecule has 4 rings (SSSR count). The van der Waals surface area contributed by atoms with Crippen LogP contribution < -0.4 is 5.56 Å². The molecule has 4 nitrogen and oxygen atoms in total. The van der Waals surface area contributed by atoms with Gasteiger partial charge in [0.25, 0.3) is 5.56 Å². The minimum absolute atomic E-state index is 0.207. The van der Waals surface area contributed by atoms with Gasteiger partial charge < -0.3 is 4.98 Å². The Bertz CT molecular complexity index is 1210. The summed E-state index contributed by atoms with van der Waals surface area (Å²) in [5, 5.41) is 13.7. The highest BCUT2D eigenvalue weighted by molar-refractivity contribution is 7.18. The number of hydrogen-bond donors (Lipinski definition) is 1. The molecule has 0 unspecified atom stereocenters. The molecule has 0 atom stereocenters. The minimum Gasteiger partial charge on any atom is -0.305 e. The molecule has 0 bridgehead atoms. The van der Waals surface area contributed by atoms with E-state index in [-0.39, 0.29) is 5.56 Å². The molecule has 7 heteroatoms. The summed E-state index contributed by atoms with van der Waals surface area (Å²) in [6.07, 6.45) is 1.71. The molecule has 1 aromatic carbocycles. The molecule has 0 aliphatic rings. The highest BCUT2D eigenvalue weighted by atomic mass is 35.5. The molecular weight excluding hydrogens is 386 g/mol. The topological polar surface area (TPSA) is 69.5 Å². The van der Waals surface area contributed by atoms with Crippen LogP contribution in [0.3, 0.4) is 0 Å². The van der Waals surface area contributed by atoms with Crippen molar-refractivity contribution >= 4 is 55.6 Å². The Morgan fingerprint density at radius 3 is 2.73 bits per heavy atom. The van der Waals surface area contributed by atoms with Gasteiger partial charge in [0.2, 0.25) is 0 Å². The third-order valence-corrected chi connectivity index (χ3v) is 5.85. The zero-order chi connectivity index (χ0) is 18.1. The van der Waals surface area contributed by atoms with Gasteiger partial charge in [0.05, 0.1) is 22.1 Å². The Kier molecular flexibility index (Phi) is 4.43. The molecule has 1 N–H and O–H groups in total. The Labute approximate surface area is 161 Å². The molecule has 3 heterocycles. The average Bonchev–Trinajstić information content (AvgIpc) is 3.31. The smallest absolute Gasteiger partial charge is 0.260 e. The summed E-state index contributed by atoms with van der Waals surface area (Å²) < 4.78 is 0. The van der Waals surface area contributed by atoms with E-state index in [1.54, 1.807) is 41.7 Å². The molecule has 0 aliphatic heterocycles. The van der Waals surface area contributed by atoms with Crippen LogP contribution in [0.5, 0.6) is 0 Å². The molecule has 0 radical (unpaired) electrons. The second kappa shape index (κ2) is 6.89. The number of thiophene rings is 2. The third-order valence-electron chi connectivity index (χ3n) is 3.79. The van der Waals surface area contributed by atoms with Gasteiger partial charge in [0.1, 0.15) is 4.83 Å². The average molecular weight is 396 g/mol. The van der Waals surface area contributed by atoms with E-state index < -0.39 is 0 Å². The molecule has 0 saturated heterocycles. The van der Waals surface area contributed by atoms with Crippen molar-refractivity contribution in [3.8, 4) is 16.5 Å². The van der Waals surface area contributed by atoms with Gasteiger partial charge in [-0.2, -0.15) is 5.26 Å². The van der Waals surface area contributed by atoms with Crippen LogP contribution in [0.2, 0.25) is 0 Å². The summed E-state index contributed by atoms with van der Waals surface area (Å²) in [5.74, 6) is 0.327. The quantitative estimate of drug-likeness (QED) is 0.510. The Hall–Kier alpha value is -2.72. The number of fused-ring (bicyclic) bond motifs is 1. The van der Waals surface area contributed by atoms with Crippen molar-refractivity contribution in [3.63, 3.8) is 0 Å². The van der Waals surface area contributed by atoms with E-state index >= 15 is 0 Å². The largest absolute Gasteiger partial charge is 0.305 e. The highest BCUT2D eigenvalue weighted by Gasteiger charge is 2.14. The van der Waals surface area contributed by atoms with E-state index in [0.29, 0.717) is 26.6 Å². The van der Waals surface area contributed by atoms with Crippen LogP contribution >= 0.6 is 34.3 Å². The molecule has 26 heavy (non-hydrogen) atoms. The number of H-pyrrole nitrogens is 1. The molecule has 4 aromatic rings. The van der Waals surface area contributed by atoms with E-state index in [9.17, 15) is 4.79 Å². The van der Waals surface area contributed by atoms with Gasteiger partial charge in [-0.1, -0.05) is 29.8 Å². The SMILES string of the molecule is N#Cc1ccc(C=C(Cl)c2nc3scc(-c4cccs4)c3c(=O)[nH]2)cc1. The first-order valence-corrected chi connectivity index (χ1v) is 9.72. The van der Waals surface area contributed by atoms with Crippen molar-refractivity contribution in [2.24, 2.45) is 0 Å². The van der Waals surface area contributed by atoms with E-state index in [2.05, 4.69) is 16.0 Å². The van der Waals surface area contributed by atoms with Crippen LogP contribution in [0.25, 0.3) is 31.8 Å². The maximum Gasteiger partial charge on any atom is 0.260 e. The first-order valence-electron chi connectivity index (χ1n) is 7.59. The Balaban J connectivity index is 1.76. The number of nitrogens with one attached hydrogen (secondary N) is 1. The second-order valence-corrected chi connectivity index (χ2v) is 7.66. The van der Waals surface area contributed by atoms with E-state index in [1.165, 1.54) is 11.3 Å². The normalized spacial score (nSPS) is 11.6. The zero-order valence-electron chi connectivity index (χ0n) is 13.2. The predicted molar refractivity (Wildman–Crippen MR) is 108 cm³/mol. The molecule has 0 saturated carbocycles. The van der Waals surface area contributed by atoms with Gasteiger partial charge >= 0.3 is 0 Å². The van der Waals surface area contributed by atoms with Crippen LogP contribution in [0.1, 0.15) is 17.0 Å². The minimum atomic E-state index is -0.207. The summed E-state index contributed by atoms with van der Waals surface area (Å²) in [6, 6.07) is 13.0. The third kappa shape index (κ3) is 3.08. The highest BCUT2D eigenvalue weighted by Crippen LogP contribution is 2.34. The maximum absolute atomic E-state index is 12.6. The summed E-state index contributed by atoms with van der Waals surface area (Å²) in [7, 11) is 0. The number of aromatic nitrogens is 2. The van der Waals surface area contributed by atoms with Gasteiger partial charge in [-0.3, -0.25) is 4.79 Å². The molecule has 126 valence electrons. The van der Waals surface area contributed by atoms with Crippen LogP contribution in [0.15, 0.2) is 52.0 Å². The molecule has 0 aliphatic carbocycles. The number of nitrogens with zero attached hydrogens (tertiary/aromatic N) is 2. The monoisotopic (exact) mass is 395 g/mol. The van der Waals surface area contributed by atoms with Crippen LogP contribution in [-0.4, -0.2) is 9.97 Å². The van der Waals surface area contributed by atoms with Crippen molar-refractivity contribution in [3.05, 3.63) is 74.5 Å². The fourth-order valence-corrected chi connectivity index (χ4v) is 4.52. The van der Waals surface area contributed by atoms with Crippen molar-refractivity contribution < 1.29 is 0 Å². The van der Waals surface area contributed by atoms with E-state index in [1.807, 2.05) is 22.9 Å². The Morgan fingerprint density at radius 2 is 2.04 bits per heavy atom. The predicted octanol–water partition coefficient (Wildman–Crippen LogP) is 5.32. The van der Waals surface area contributed by atoms with Crippen LogP contribution in [-0.2, 0) is 0 Å².